The monoisotopic (exact) mass is 197 g/mol. The summed E-state index contributed by atoms with van der Waals surface area (Å²) in [7, 11) is 0. The highest BCUT2D eigenvalue weighted by Crippen LogP contribution is 2.24. The number of aliphatic hydroxyl groups excluding tert-OH is 1. The molecule has 0 aromatic rings. The number of amides is 1. The van der Waals surface area contributed by atoms with Gasteiger partial charge in [0.1, 0.15) is 5.76 Å². The highest BCUT2D eigenvalue weighted by molar-refractivity contribution is 5.95. The number of ketones is 1. The first-order chi connectivity index (χ1) is 6.52. The summed E-state index contributed by atoms with van der Waals surface area (Å²) in [5.74, 6) is -0.216. The van der Waals surface area contributed by atoms with Crippen LogP contribution >= 0.6 is 0 Å². The lowest BCUT2D eigenvalue weighted by molar-refractivity contribution is -0.119. The van der Waals surface area contributed by atoms with E-state index >= 15 is 0 Å². The number of carbonyl (C=O) groups excluding carboxylic acids is 2. The Kier molecular flexibility index (Phi) is 3.28. The van der Waals surface area contributed by atoms with Gasteiger partial charge in [-0.15, -0.1) is 0 Å². The molecule has 0 bridgehead atoms. The molecule has 1 amide bonds. The second kappa shape index (κ2) is 4.26. The summed E-state index contributed by atoms with van der Waals surface area (Å²) < 4.78 is 0. The van der Waals surface area contributed by atoms with E-state index in [1.165, 1.54) is 13.8 Å². The molecule has 1 rings (SSSR count). The molecule has 1 aliphatic rings. The van der Waals surface area contributed by atoms with Gasteiger partial charge < -0.3 is 10.4 Å². The van der Waals surface area contributed by atoms with Crippen molar-refractivity contribution in [2.24, 2.45) is 0 Å². The van der Waals surface area contributed by atoms with Gasteiger partial charge in [-0.1, -0.05) is 0 Å². The summed E-state index contributed by atoms with van der Waals surface area (Å²) in [6.45, 7) is 2.81. The van der Waals surface area contributed by atoms with Crippen molar-refractivity contribution in [2.75, 3.05) is 0 Å². The van der Waals surface area contributed by atoms with Crippen molar-refractivity contribution >= 4 is 11.7 Å². The average Bonchev–Trinajstić information content (AvgIpc) is 2.01. The van der Waals surface area contributed by atoms with Gasteiger partial charge in [-0.2, -0.15) is 0 Å². The van der Waals surface area contributed by atoms with E-state index in [0.29, 0.717) is 12.0 Å². The molecule has 2 N–H and O–H groups in total. The zero-order valence-corrected chi connectivity index (χ0v) is 8.46. The molecule has 0 heterocycles. The highest BCUT2D eigenvalue weighted by atomic mass is 16.3. The van der Waals surface area contributed by atoms with Crippen LogP contribution in [0.4, 0.5) is 0 Å². The molecule has 14 heavy (non-hydrogen) atoms. The van der Waals surface area contributed by atoms with Gasteiger partial charge in [0, 0.05) is 13.3 Å². The van der Waals surface area contributed by atoms with Gasteiger partial charge in [0.05, 0.1) is 11.6 Å². The first-order valence-corrected chi connectivity index (χ1v) is 4.72. The Balaban J connectivity index is 2.88. The lowest BCUT2D eigenvalue weighted by atomic mass is 9.90. The van der Waals surface area contributed by atoms with Crippen molar-refractivity contribution in [1.82, 2.24) is 5.32 Å². The quantitative estimate of drug-likeness (QED) is 0.696. The summed E-state index contributed by atoms with van der Waals surface area (Å²) >= 11 is 0. The molecule has 1 atom stereocenters. The molecule has 4 nitrogen and oxygen atoms in total. The van der Waals surface area contributed by atoms with Crippen molar-refractivity contribution in [3.05, 3.63) is 11.3 Å². The van der Waals surface area contributed by atoms with Crippen LogP contribution in [0.15, 0.2) is 11.3 Å². The minimum Gasteiger partial charge on any atom is -0.512 e. The lowest BCUT2D eigenvalue weighted by Gasteiger charge is -2.24. The molecular weight excluding hydrogens is 182 g/mol. The van der Waals surface area contributed by atoms with Gasteiger partial charge in [0.2, 0.25) is 5.91 Å². The predicted molar refractivity (Wildman–Crippen MR) is 51.8 cm³/mol. The van der Waals surface area contributed by atoms with Gasteiger partial charge in [0.15, 0.2) is 5.78 Å². The second-order valence-corrected chi connectivity index (χ2v) is 3.56. The maximum atomic E-state index is 11.2. The molecule has 0 aliphatic heterocycles. The van der Waals surface area contributed by atoms with Crippen LogP contribution in [-0.4, -0.2) is 22.8 Å². The maximum Gasteiger partial charge on any atom is 0.217 e. The Hall–Kier alpha value is -1.32. The molecule has 1 aliphatic carbocycles. The minimum atomic E-state index is -0.307. The summed E-state index contributed by atoms with van der Waals surface area (Å²) in [5.41, 5.74) is 0.367. The molecule has 0 saturated carbocycles. The van der Waals surface area contributed by atoms with Crippen LogP contribution in [0.25, 0.3) is 0 Å². The normalized spacial score (nSPS) is 22.0. The molecule has 1 unspecified atom stereocenters. The van der Waals surface area contributed by atoms with Gasteiger partial charge in [0.25, 0.3) is 0 Å². The summed E-state index contributed by atoms with van der Waals surface area (Å²) in [5, 5.41) is 12.2. The topological polar surface area (TPSA) is 66.4 Å². The summed E-state index contributed by atoms with van der Waals surface area (Å²) in [6, 6.07) is -0.307. The Morgan fingerprint density at radius 2 is 2.07 bits per heavy atom. The van der Waals surface area contributed by atoms with E-state index in [-0.39, 0.29) is 23.5 Å². The van der Waals surface area contributed by atoms with Crippen LogP contribution in [0.3, 0.4) is 0 Å². The molecule has 0 aromatic carbocycles. The largest absolute Gasteiger partial charge is 0.512 e. The van der Waals surface area contributed by atoms with E-state index < -0.39 is 0 Å². The second-order valence-electron chi connectivity index (χ2n) is 3.56. The maximum absolute atomic E-state index is 11.2. The number of Topliss-reactive ketones (excluding diaryl/α,β-unsaturated/α-hetero) is 1. The molecule has 4 heteroatoms. The zero-order chi connectivity index (χ0) is 10.7. The summed E-state index contributed by atoms with van der Waals surface area (Å²) in [6.07, 6.45) is 2.05. The van der Waals surface area contributed by atoms with Crippen LogP contribution in [0.1, 0.15) is 33.1 Å². The molecule has 78 valence electrons. The molecule has 0 aromatic heterocycles. The van der Waals surface area contributed by atoms with E-state index in [0.717, 1.165) is 12.8 Å². The Labute approximate surface area is 83.0 Å². The number of rotatable bonds is 2. The smallest absolute Gasteiger partial charge is 0.217 e. The van der Waals surface area contributed by atoms with Crippen LogP contribution in [-0.2, 0) is 9.59 Å². The van der Waals surface area contributed by atoms with E-state index in [1.54, 1.807) is 0 Å². The van der Waals surface area contributed by atoms with Crippen molar-refractivity contribution < 1.29 is 14.7 Å². The summed E-state index contributed by atoms with van der Waals surface area (Å²) in [4.78, 5) is 22.1. The minimum absolute atomic E-state index is 0.127. The fraction of sp³-hybridized carbons (Fsp3) is 0.600. The number of hydrogen-bond donors (Lipinski definition) is 2. The van der Waals surface area contributed by atoms with Gasteiger partial charge >= 0.3 is 0 Å². The molecular formula is C10H15NO3. The molecule has 0 fully saturated rings. The van der Waals surface area contributed by atoms with E-state index in [4.69, 9.17) is 0 Å². The van der Waals surface area contributed by atoms with Crippen molar-refractivity contribution in [3.8, 4) is 0 Å². The fourth-order valence-electron chi connectivity index (χ4n) is 1.79. The number of allylic oxidation sites excluding steroid dienone is 1. The standard InChI is InChI=1S/C10H15NO3/c1-6(12)10-8(11-7(2)13)4-3-5-9(10)14/h8,14H,3-5H2,1-2H3,(H,11,13). The Bertz CT molecular complexity index is 294. The highest BCUT2D eigenvalue weighted by Gasteiger charge is 2.26. The average molecular weight is 197 g/mol. The van der Waals surface area contributed by atoms with E-state index in [2.05, 4.69) is 5.32 Å². The number of aliphatic hydroxyl groups is 1. The first-order valence-electron chi connectivity index (χ1n) is 4.72. The van der Waals surface area contributed by atoms with Crippen LogP contribution in [0.2, 0.25) is 0 Å². The van der Waals surface area contributed by atoms with Crippen LogP contribution in [0.5, 0.6) is 0 Å². The van der Waals surface area contributed by atoms with Crippen molar-refractivity contribution in [2.45, 2.75) is 39.2 Å². The predicted octanol–water partition coefficient (Wildman–Crippen LogP) is 1.08. The van der Waals surface area contributed by atoms with E-state index in [9.17, 15) is 14.7 Å². The first kappa shape index (κ1) is 10.8. The number of hydrogen-bond acceptors (Lipinski definition) is 3. The zero-order valence-electron chi connectivity index (χ0n) is 8.46. The Morgan fingerprint density at radius 1 is 1.43 bits per heavy atom. The van der Waals surface area contributed by atoms with Crippen molar-refractivity contribution in [3.63, 3.8) is 0 Å². The molecule has 0 spiro atoms. The van der Waals surface area contributed by atoms with Crippen molar-refractivity contribution in [1.29, 1.82) is 0 Å². The van der Waals surface area contributed by atoms with Crippen LogP contribution < -0.4 is 5.32 Å². The van der Waals surface area contributed by atoms with Crippen LogP contribution in [0, 0.1) is 0 Å². The van der Waals surface area contributed by atoms with Gasteiger partial charge in [-0.25, -0.2) is 0 Å². The SMILES string of the molecule is CC(=O)NC1CCCC(O)=C1C(C)=O. The fourth-order valence-corrected chi connectivity index (χ4v) is 1.79. The number of nitrogens with one attached hydrogen (secondary N) is 1. The van der Waals surface area contributed by atoms with Gasteiger partial charge in [-0.3, -0.25) is 9.59 Å². The third-order valence-corrected chi connectivity index (χ3v) is 2.32. The molecule has 0 radical (unpaired) electrons. The van der Waals surface area contributed by atoms with E-state index in [1.807, 2.05) is 0 Å². The Morgan fingerprint density at radius 3 is 2.57 bits per heavy atom. The van der Waals surface area contributed by atoms with Gasteiger partial charge in [-0.05, 0) is 19.8 Å². The number of carbonyl (C=O) groups is 2. The molecule has 0 saturated heterocycles. The third-order valence-electron chi connectivity index (χ3n) is 2.32. The lowest BCUT2D eigenvalue weighted by Crippen LogP contribution is -2.39. The third kappa shape index (κ3) is 2.34.